The Labute approximate surface area is 86.7 Å². The van der Waals surface area contributed by atoms with Gasteiger partial charge in [-0.05, 0) is 17.7 Å². The van der Waals surface area contributed by atoms with Crippen LogP contribution in [0.25, 0.3) is 5.57 Å². The molecule has 5 heteroatoms. The molecule has 80 valence electrons. The van der Waals surface area contributed by atoms with Crippen molar-refractivity contribution in [3.63, 3.8) is 0 Å². The highest BCUT2D eigenvalue weighted by Gasteiger charge is 2.09. The van der Waals surface area contributed by atoms with Crippen LogP contribution in [0.15, 0.2) is 30.8 Å². The molecule has 0 saturated carbocycles. The molecule has 1 rings (SSSR count). The second kappa shape index (κ2) is 4.70. The zero-order valence-electron chi connectivity index (χ0n) is 8.19. The zero-order chi connectivity index (χ0) is 11.4. The van der Waals surface area contributed by atoms with E-state index in [1.54, 1.807) is 0 Å². The van der Waals surface area contributed by atoms with E-state index in [2.05, 4.69) is 11.3 Å². The number of carbonyl (C=O) groups is 1. The molecule has 0 aromatic heterocycles. The van der Waals surface area contributed by atoms with Gasteiger partial charge in [0.25, 0.3) is 0 Å². The van der Waals surface area contributed by atoms with E-state index in [4.69, 9.17) is 5.21 Å². The molecular weight excluding hydrogens is 198 g/mol. The molecule has 1 aromatic carbocycles. The van der Waals surface area contributed by atoms with Gasteiger partial charge in [0.2, 0.25) is 0 Å². The second-order valence-corrected chi connectivity index (χ2v) is 2.85. The van der Waals surface area contributed by atoms with Gasteiger partial charge in [-0.2, -0.15) is 5.23 Å². The predicted octanol–water partition coefficient (Wildman–Crippen LogP) is 0.276. The molecular formula is C10H11NO4. The van der Waals surface area contributed by atoms with Crippen LogP contribution >= 0.6 is 0 Å². The molecule has 0 heterocycles. The van der Waals surface area contributed by atoms with E-state index < -0.39 is 11.2 Å². The quantitative estimate of drug-likeness (QED) is 0.426. The summed E-state index contributed by atoms with van der Waals surface area (Å²) >= 11 is 0. The number of rotatable bonds is 3. The second-order valence-electron chi connectivity index (χ2n) is 2.85. The minimum Gasteiger partial charge on any atom is -0.595 e. The van der Waals surface area contributed by atoms with Crippen molar-refractivity contribution in [2.24, 2.45) is 0 Å². The molecule has 1 atom stereocenters. The van der Waals surface area contributed by atoms with Gasteiger partial charge in [0, 0.05) is 12.1 Å². The zero-order valence-corrected chi connectivity index (χ0v) is 8.19. The number of quaternary nitrogens is 1. The molecule has 0 saturated heterocycles. The summed E-state index contributed by atoms with van der Waals surface area (Å²) in [6, 6.07) is 5.85. The summed E-state index contributed by atoms with van der Waals surface area (Å²) in [5.74, 6) is -0.530. The van der Waals surface area contributed by atoms with E-state index in [9.17, 15) is 10.0 Å². The molecule has 1 aromatic rings. The summed E-state index contributed by atoms with van der Waals surface area (Å²) in [5.41, 5.74) is 0.915. The van der Waals surface area contributed by atoms with Crippen LogP contribution in [0.2, 0.25) is 0 Å². The summed E-state index contributed by atoms with van der Waals surface area (Å²) in [5, 5.41) is 18.2. The first-order chi connectivity index (χ1) is 7.06. The highest BCUT2D eigenvalue weighted by atomic mass is 16.8. The van der Waals surface area contributed by atoms with Crippen LogP contribution < -0.4 is 5.23 Å². The Balaban J connectivity index is 2.89. The Kier molecular flexibility index (Phi) is 3.56. The Morgan fingerprint density at radius 3 is 2.40 bits per heavy atom. The van der Waals surface area contributed by atoms with E-state index in [0.717, 1.165) is 0 Å². The number of esters is 1. The Morgan fingerprint density at radius 1 is 1.47 bits per heavy atom. The Hall–Kier alpha value is -1.69. The molecule has 5 nitrogen and oxygen atoms in total. The van der Waals surface area contributed by atoms with Gasteiger partial charge in [0.1, 0.15) is 0 Å². The third kappa shape index (κ3) is 2.63. The van der Waals surface area contributed by atoms with Crippen LogP contribution in [0.5, 0.6) is 0 Å². The Morgan fingerprint density at radius 2 is 2.00 bits per heavy atom. The summed E-state index contributed by atoms with van der Waals surface area (Å²) < 4.78 is 4.49. The molecule has 0 amide bonds. The Bertz CT molecular complexity index is 370. The summed E-state index contributed by atoms with van der Waals surface area (Å²) in [7, 11) is 1.26. The van der Waals surface area contributed by atoms with Crippen LogP contribution in [-0.2, 0) is 9.53 Å². The molecule has 0 radical (unpaired) electrons. The average molecular weight is 209 g/mol. The number of hydrogen-bond donors (Lipinski definition) is 2. The maximum Gasteiger partial charge on any atom is 0.337 e. The van der Waals surface area contributed by atoms with Crippen molar-refractivity contribution in [2.45, 2.75) is 0 Å². The number of nitrogens with one attached hydrogen (secondary N) is 1. The van der Waals surface area contributed by atoms with Crippen molar-refractivity contribution in [1.29, 1.82) is 0 Å². The van der Waals surface area contributed by atoms with Crippen LogP contribution in [0.1, 0.15) is 5.56 Å². The fraction of sp³-hybridized carbons (Fsp3) is 0.100. The number of ether oxygens (including phenoxy) is 1. The third-order valence-corrected chi connectivity index (χ3v) is 1.91. The molecule has 15 heavy (non-hydrogen) atoms. The fourth-order valence-corrected chi connectivity index (χ4v) is 1.06. The topological polar surface area (TPSA) is 74.0 Å². The smallest absolute Gasteiger partial charge is 0.337 e. The van der Waals surface area contributed by atoms with Crippen LogP contribution in [-0.4, -0.2) is 18.3 Å². The maximum absolute atomic E-state index is 11.1. The van der Waals surface area contributed by atoms with Gasteiger partial charge >= 0.3 is 5.97 Å². The molecule has 0 aliphatic rings. The summed E-state index contributed by atoms with van der Waals surface area (Å²) in [6.07, 6.45) is 0. The van der Waals surface area contributed by atoms with Crippen molar-refractivity contribution in [3.8, 4) is 0 Å². The largest absolute Gasteiger partial charge is 0.595 e. The van der Waals surface area contributed by atoms with E-state index in [0.29, 0.717) is 5.56 Å². The van der Waals surface area contributed by atoms with Crippen LogP contribution in [0, 0.1) is 5.21 Å². The maximum atomic E-state index is 11.1. The minimum atomic E-state index is -1.01. The van der Waals surface area contributed by atoms with Crippen molar-refractivity contribution in [3.05, 3.63) is 41.6 Å². The van der Waals surface area contributed by atoms with Gasteiger partial charge in [-0.25, -0.2) is 10.0 Å². The molecule has 0 aliphatic heterocycles. The van der Waals surface area contributed by atoms with E-state index in [1.165, 1.54) is 31.4 Å². The standard InChI is InChI=1S/C10H11NO4/c1-7(10(12)15-2)8-3-5-9(6-4-8)11(13)14/h3-6,11,13H,1H2,2H3. The van der Waals surface area contributed by atoms with Crippen molar-refractivity contribution in [2.75, 3.05) is 7.11 Å². The summed E-state index contributed by atoms with van der Waals surface area (Å²) in [6.45, 7) is 3.55. The predicted molar refractivity (Wildman–Crippen MR) is 53.3 cm³/mol. The van der Waals surface area contributed by atoms with Gasteiger partial charge < -0.3 is 9.94 Å². The highest BCUT2D eigenvalue weighted by molar-refractivity contribution is 6.15. The van der Waals surface area contributed by atoms with Crippen molar-refractivity contribution in [1.82, 2.24) is 0 Å². The van der Waals surface area contributed by atoms with E-state index in [-0.39, 0.29) is 11.3 Å². The lowest BCUT2D eigenvalue weighted by molar-refractivity contribution is -0.991. The van der Waals surface area contributed by atoms with Crippen molar-refractivity contribution < 1.29 is 20.0 Å². The molecule has 2 N–H and O–H groups in total. The van der Waals surface area contributed by atoms with Gasteiger partial charge in [-0.1, -0.05) is 6.58 Å². The first-order valence-electron chi connectivity index (χ1n) is 4.17. The lowest BCUT2D eigenvalue weighted by Gasteiger charge is -2.11. The van der Waals surface area contributed by atoms with E-state index in [1.807, 2.05) is 0 Å². The first kappa shape index (κ1) is 11.4. The highest BCUT2D eigenvalue weighted by Crippen LogP contribution is 2.15. The normalized spacial score (nSPS) is 11.9. The third-order valence-electron chi connectivity index (χ3n) is 1.91. The number of carbonyl (C=O) groups excluding carboxylic acids is 1. The van der Waals surface area contributed by atoms with Gasteiger partial charge in [0.05, 0.1) is 12.7 Å². The molecule has 0 spiro atoms. The number of benzene rings is 1. The SMILES string of the molecule is C=C(C(=O)OC)c1ccc([NH+]([O-])O)cc1. The number of methoxy groups -OCH3 is 1. The van der Waals surface area contributed by atoms with Crippen molar-refractivity contribution >= 4 is 17.2 Å². The lowest BCUT2D eigenvalue weighted by atomic mass is 10.1. The molecule has 1 unspecified atom stereocenters. The monoisotopic (exact) mass is 209 g/mol. The van der Waals surface area contributed by atoms with Gasteiger partial charge in [0.15, 0.2) is 5.69 Å². The molecule has 0 bridgehead atoms. The molecule has 0 fully saturated rings. The minimum absolute atomic E-state index is 0.163. The van der Waals surface area contributed by atoms with Crippen LogP contribution in [0.4, 0.5) is 5.69 Å². The summed E-state index contributed by atoms with van der Waals surface area (Å²) in [4.78, 5) is 11.1. The fourth-order valence-electron chi connectivity index (χ4n) is 1.06. The van der Waals surface area contributed by atoms with Gasteiger partial charge in [-0.3, -0.25) is 0 Å². The lowest BCUT2D eigenvalue weighted by Crippen LogP contribution is -2.99. The number of hydrogen-bond acceptors (Lipinski definition) is 4. The van der Waals surface area contributed by atoms with E-state index >= 15 is 0 Å². The average Bonchev–Trinajstić information content (AvgIpc) is 2.27. The van der Waals surface area contributed by atoms with Crippen LogP contribution in [0.3, 0.4) is 0 Å². The molecule has 0 aliphatic carbocycles. The van der Waals surface area contributed by atoms with Gasteiger partial charge in [-0.15, -0.1) is 0 Å². The first-order valence-corrected chi connectivity index (χ1v) is 4.17.